The molecule has 5 rings (SSSR count). The van der Waals surface area contributed by atoms with Gasteiger partial charge in [-0.1, -0.05) is 24.3 Å². The van der Waals surface area contributed by atoms with Crippen LogP contribution < -0.4 is 10.1 Å². The van der Waals surface area contributed by atoms with E-state index in [0.717, 1.165) is 22.2 Å². The second-order valence-electron chi connectivity index (χ2n) is 11.4. The van der Waals surface area contributed by atoms with Crippen LogP contribution >= 0.6 is 0 Å². The van der Waals surface area contributed by atoms with Gasteiger partial charge in [-0.3, -0.25) is 14.2 Å². The maximum atomic E-state index is 15.1. The Morgan fingerprint density at radius 3 is 2.51 bits per heavy atom. The van der Waals surface area contributed by atoms with Crippen molar-refractivity contribution in [3.8, 4) is 5.75 Å². The molecule has 1 saturated heterocycles. The number of hydrogen-bond acceptors (Lipinski definition) is 4. The molecule has 3 heterocycles. The largest absolute Gasteiger partial charge is 0.573 e. The molecule has 212 valence electrons. The minimum atomic E-state index is -4.90. The molecule has 2 N–H and O–H groups in total. The quantitative estimate of drug-likeness (QED) is 0.295. The number of nitrogens with one attached hydrogen (secondary N) is 2. The Balaban J connectivity index is 1.54. The standard InChI is InChI=1S/C29H35F5N4O/c1-18-13-23-21-7-4-5-8-24(21)36-26(23)27(38(18)17-28(2,3)31)22-10-9-19(14-25(22)39-29(32,33)34)35-20-15-37(16-20)12-6-11-30/h4-5,7-10,14,18,20,27,35-36H,6,11-13,15-17H2,1-3H3. The van der Waals surface area contributed by atoms with Crippen molar-refractivity contribution < 1.29 is 26.7 Å². The molecule has 0 saturated carbocycles. The number of rotatable bonds is 9. The van der Waals surface area contributed by atoms with Crippen molar-refractivity contribution in [3.05, 3.63) is 59.3 Å². The van der Waals surface area contributed by atoms with Crippen LogP contribution in [0.15, 0.2) is 42.5 Å². The summed E-state index contributed by atoms with van der Waals surface area (Å²) >= 11 is 0. The number of benzene rings is 2. The Hall–Kier alpha value is -2.85. The topological polar surface area (TPSA) is 43.5 Å². The van der Waals surface area contributed by atoms with Crippen molar-refractivity contribution in [1.82, 2.24) is 14.8 Å². The summed E-state index contributed by atoms with van der Waals surface area (Å²) in [6, 6.07) is 11.8. The van der Waals surface area contributed by atoms with E-state index in [1.165, 1.54) is 19.9 Å². The number of H-pyrrole nitrogens is 1. The fourth-order valence-corrected chi connectivity index (χ4v) is 5.95. The number of aromatic amines is 1. The maximum absolute atomic E-state index is 15.1. The molecule has 2 aliphatic heterocycles. The summed E-state index contributed by atoms with van der Waals surface area (Å²) in [4.78, 5) is 7.45. The van der Waals surface area contributed by atoms with E-state index in [-0.39, 0.29) is 31.1 Å². The number of halogens is 5. The van der Waals surface area contributed by atoms with Gasteiger partial charge in [0.05, 0.1) is 18.8 Å². The molecule has 5 nitrogen and oxygen atoms in total. The molecule has 2 aromatic carbocycles. The Bertz CT molecular complexity index is 1300. The van der Waals surface area contributed by atoms with Gasteiger partial charge in [0.1, 0.15) is 11.4 Å². The number of para-hydroxylation sites is 1. The zero-order chi connectivity index (χ0) is 27.9. The molecular formula is C29H35F5N4O. The van der Waals surface area contributed by atoms with Crippen LogP contribution in [0.25, 0.3) is 10.9 Å². The number of likely N-dealkylation sites (tertiary alicyclic amines) is 1. The summed E-state index contributed by atoms with van der Waals surface area (Å²) in [7, 11) is 0. The molecule has 0 bridgehead atoms. The molecule has 10 heteroatoms. The van der Waals surface area contributed by atoms with E-state index in [1.54, 1.807) is 12.1 Å². The normalized spacial score (nSPS) is 21.1. The van der Waals surface area contributed by atoms with Gasteiger partial charge < -0.3 is 15.0 Å². The van der Waals surface area contributed by atoms with E-state index in [9.17, 15) is 17.6 Å². The number of ether oxygens (including phenoxy) is 1. The molecule has 0 amide bonds. The summed E-state index contributed by atoms with van der Waals surface area (Å²) in [6.45, 7) is 6.64. The molecule has 1 aromatic heterocycles. The summed E-state index contributed by atoms with van der Waals surface area (Å²) in [6.07, 6.45) is -3.80. The van der Waals surface area contributed by atoms with E-state index in [4.69, 9.17) is 0 Å². The zero-order valence-corrected chi connectivity index (χ0v) is 22.4. The van der Waals surface area contributed by atoms with Crippen LogP contribution in [0.3, 0.4) is 0 Å². The molecule has 1 fully saturated rings. The van der Waals surface area contributed by atoms with Gasteiger partial charge in [0.2, 0.25) is 0 Å². The van der Waals surface area contributed by atoms with Gasteiger partial charge >= 0.3 is 6.36 Å². The highest BCUT2D eigenvalue weighted by molar-refractivity contribution is 5.85. The van der Waals surface area contributed by atoms with Gasteiger partial charge in [-0.05, 0) is 51.3 Å². The molecule has 2 unspecified atom stereocenters. The number of nitrogens with zero attached hydrogens (tertiary/aromatic N) is 2. The maximum Gasteiger partial charge on any atom is 0.573 e. The van der Waals surface area contributed by atoms with E-state index >= 15 is 4.39 Å². The third-order valence-electron chi connectivity index (χ3n) is 7.55. The van der Waals surface area contributed by atoms with Crippen LogP contribution in [-0.4, -0.2) is 71.8 Å². The molecule has 2 atom stereocenters. The fourth-order valence-electron chi connectivity index (χ4n) is 5.95. The van der Waals surface area contributed by atoms with Crippen LogP contribution in [0, 0.1) is 0 Å². The zero-order valence-electron chi connectivity index (χ0n) is 22.4. The van der Waals surface area contributed by atoms with E-state index in [1.807, 2.05) is 36.1 Å². The van der Waals surface area contributed by atoms with Crippen molar-refractivity contribution in [1.29, 1.82) is 0 Å². The number of anilines is 1. The van der Waals surface area contributed by atoms with Gasteiger partial charge in [-0.15, -0.1) is 13.2 Å². The minimum absolute atomic E-state index is 0.0376. The van der Waals surface area contributed by atoms with Crippen molar-refractivity contribution in [2.75, 3.05) is 38.2 Å². The highest BCUT2D eigenvalue weighted by atomic mass is 19.4. The molecule has 2 aliphatic rings. The first kappa shape index (κ1) is 27.7. The molecule has 3 aromatic rings. The lowest BCUT2D eigenvalue weighted by Gasteiger charge is -2.43. The Morgan fingerprint density at radius 2 is 1.82 bits per heavy atom. The lowest BCUT2D eigenvalue weighted by Crippen LogP contribution is -2.54. The first-order valence-corrected chi connectivity index (χ1v) is 13.4. The van der Waals surface area contributed by atoms with Gasteiger partial charge in [0.25, 0.3) is 0 Å². The van der Waals surface area contributed by atoms with Crippen LogP contribution in [0.2, 0.25) is 0 Å². The lowest BCUT2D eigenvalue weighted by atomic mass is 9.87. The Morgan fingerprint density at radius 1 is 1.08 bits per heavy atom. The Kier molecular flexibility index (Phi) is 7.54. The molecule has 39 heavy (non-hydrogen) atoms. The summed E-state index contributed by atoms with van der Waals surface area (Å²) < 4.78 is 73.1. The average molecular weight is 551 g/mol. The second kappa shape index (κ2) is 10.6. The predicted octanol–water partition coefficient (Wildman–Crippen LogP) is 6.61. The van der Waals surface area contributed by atoms with Crippen LogP contribution in [0.1, 0.15) is 50.1 Å². The third kappa shape index (κ3) is 6.17. The Labute approximate surface area is 225 Å². The van der Waals surface area contributed by atoms with Crippen molar-refractivity contribution >= 4 is 16.6 Å². The van der Waals surface area contributed by atoms with Crippen LogP contribution in [0.5, 0.6) is 5.75 Å². The number of alkyl halides is 5. The van der Waals surface area contributed by atoms with Gasteiger partial charge in [-0.25, -0.2) is 4.39 Å². The van der Waals surface area contributed by atoms with Crippen LogP contribution in [0.4, 0.5) is 27.6 Å². The third-order valence-corrected chi connectivity index (χ3v) is 7.55. The number of hydrogen-bond donors (Lipinski definition) is 2. The summed E-state index contributed by atoms with van der Waals surface area (Å²) in [5.74, 6) is -0.313. The molecule has 0 radical (unpaired) electrons. The summed E-state index contributed by atoms with van der Waals surface area (Å²) in [5.41, 5.74) is 1.93. The highest BCUT2D eigenvalue weighted by Gasteiger charge is 2.41. The van der Waals surface area contributed by atoms with Crippen molar-refractivity contribution in [3.63, 3.8) is 0 Å². The summed E-state index contributed by atoms with van der Waals surface area (Å²) in [5, 5.41) is 4.29. The molecular weight excluding hydrogens is 515 g/mol. The number of fused-ring (bicyclic) bond motifs is 3. The van der Waals surface area contributed by atoms with E-state index in [0.29, 0.717) is 43.7 Å². The van der Waals surface area contributed by atoms with Gasteiger partial charge in [-0.2, -0.15) is 0 Å². The first-order chi connectivity index (χ1) is 18.4. The van der Waals surface area contributed by atoms with E-state index in [2.05, 4.69) is 19.9 Å². The van der Waals surface area contributed by atoms with Crippen molar-refractivity contribution in [2.45, 2.75) is 63.8 Å². The van der Waals surface area contributed by atoms with Crippen LogP contribution in [-0.2, 0) is 6.42 Å². The monoisotopic (exact) mass is 550 g/mol. The smallest absolute Gasteiger partial charge is 0.405 e. The fraction of sp³-hybridized carbons (Fsp3) is 0.517. The predicted molar refractivity (Wildman–Crippen MR) is 143 cm³/mol. The van der Waals surface area contributed by atoms with Gasteiger partial charge in [0, 0.05) is 66.1 Å². The molecule has 0 aliphatic carbocycles. The average Bonchev–Trinajstić information content (AvgIpc) is 3.18. The minimum Gasteiger partial charge on any atom is -0.405 e. The molecule has 0 spiro atoms. The SMILES string of the molecule is CC1Cc2c([nH]c3ccccc23)C(c2ccc(NC3CN(CCCF)C3)cc2OC(F)(F)F)N1CC(C)(C)F. The van der Waals surface area contributed by atoms with Gasteiger partial charge in [0.15, 0.2) is 0 Å². The lowest BCUT2D eigenvalue weighted by molar-refractivity contribution is -0.275. The van der Waals surface area contributed by atoms with Crippen molar-refractivity contribution in [2.24, 2.45) is 0 Å². The highest BCUT2D eigenvalue weighted by Crippen LogP contribution is 2.45. The number of aromatic nitrogens is 1. The second-order valence-corrected chi connectivity index (χ2v) is 11.4. The first-order valence-electron chi connectivity index (χ1n) is 13.4. The van der Waals surface area contributed by atoms with E-state index < -0.39 is 18.1 Å².